The smallest absolute Gasteiger partial charge is 0.345 e. The van der Waals surface area contributed by atoms with E-state index in [1.54, 1.807) is 36.4 Å². The molecule has 0 aliphatic carbocycles. The number of benzene rings is 4. The molecule has 2 N–H and O–H groups in total. The van der Waals surface area contributed by atoms with Gasteiger partial charge in [0.25, 0.3) is 0 Å². The lowest BCUT2D eigenvalue weighted by atomic mass is 10.0. The maximum Gasteiger partial charge on any atom is 0.345 e. The highest BCUT2D eigenvalue weighted by molar-refractivity contribution is 5.73. The molecule has 0 heterocycles. The first-order chi connectivity index (χ1) is 18.9. The molecule has 39 heavy (non-hydrogen) atoms. The minimum atomic E-state index is -1.12. The van der Waals surface area contributed by atoms with Crippen LogP contribution in [0.1, 0.15) is 11.1 Å². The van der Waals surface area contributed by atoms with Gasteiger partial charge in [0, 0.05) is 6.42 Å². The molecule has 8 heteroatoms. The number of hydrogen-bond donors (Lipinski definition) is 2. The number of hydroxylamine groups is 1. The molecular formula is C31H27F2NO5. The van der Waals surface area contributed by atoms with Gasteiger partial charge in [0.15, 0.2) is 6.10 Å². The third kappa shape index (κ3) is 8.15. The van der Waals surface area contributed by atoms with Crippen molar-refractivity contribution < 1.29 is 33.0 Å². The van der Waals surface area contributed by atoms with E-state index in [4.69, 9.17) is 14.3 Å². The molecule has 0 aliphatic heterocycles. The van der Waals surface area contributed by atoms with Crippen molar-refractivity contribution in [2.24, 2.45) is 0 Å². The van der Waals surface area contributed by atoms with E-state index >= 15 is 0 Å². The summed E-state index contributed by atoms with van der Waals surface area (Å²) in [5.41, 5.74) is 6.86. The van der Waals surface area contributed by atoms with Gasteiger partial charge in [0.2, 0.25) is 0 Å². The zero-order valence-electron chi connectivity index (χ0n) is 21.0. The predicted molar refractivity (Wildman–Crippen MR) is 144 cm³/mol. The van der Waals surface area contributed by atoms with E-state index in [0.717, 1.165) is 22.3 Å². The van der Waals surface area contributed by atoms with E-state index in [2.05, 4.69) is 12.1 Å². The first-order valence-electron chi connectivity index (χ1n) is 12.2. The molecule has 0 amide bonds. The van der Waals surface area contributed by atoms with Crippen LogP contribution in [0.15, 0.2) is 104 Å². The standard InChI is InChI=1S/C31H27F2NO5/c1-21(23-4-6-24(7-5-23)25-8-10-26(32)11-9-25)34-38-19-18-37-28-14-2-22(3-15-28)20-30(31(35)36)39-29-16-12-27(33)13-17-29/h2-17,30,34H,1,18-20H2,(H,35,36). The highest BCUT2D eigenvalue weighted by Crippen LogP contribution is 2.22. The Labute approximate surface area is 225 Å². The first-order valence-corrected chi connectivity index (χ1v) is 12.2. The molecule has 4 aromatic rings. The quantitative estimate of drug-likeness (QED) is 0.156. The number of nitrogens with one attached hydrogen (secondary N) is 1. The highest BCUT2D eigenvalue weighted by Gasteiger charge is 2.20. The van der Waals surface area contributed by atoms with Crippen molar-refractivity contribution in [1.29, 1.82) is 0 Å². The van der Waals surface area contributed by atoms with Crippen molar-refractivity contribution in [3.05, 3.63) is 126 Å². The van der Waals surface area contributed by atoms with Crippen LogP contribution in [0.4, 0.5) is 8.78 Å². The number of halogens is 2. The molecule has 4 aromatic carbocycles. The van der Waals surface area contributed by atoms with E-state index in [1.165, 1.54) is 36.4 Å². The number of carboxylic acid groups (broad SMARTS) is 1. The maximum absolute atomic E-state index is 13.1. The summed E-state index contributed by atoms with van der Waals surface area (Å²) in [5.74, 6) is -0.934. The van der Waals surface area contributed by atoms with Gasteiger partial charge in [-0.15, -0.1) is 0 Å². The fraction of sp³-hybridized carbons (Fsp3) is 0.129. The minimum absolute atomic E-state index is 0.132. The van der Waals surface area contributed by atoms with Crippen LogP contribution in [0.2, 0.25) is 0 Å². The van der Waals surface area contributed by atoms with Crippen LogP contribution in [0.3, 0.4) is 0 Å². The summed E-state index contributed by atoms with van der Waals surface area (Å²) in [6, 6.07) is 26.2. The Morgan fingerprint density at radius 3 is 1.90 bits per heavy atom. The van der Waals surface area contributed by atoms with Crippen molar-refractivity contribution in [2.45, 2.75) is 12.5 Å². The summed E-state index contributed by atoms with van der Waals surface area (Å²) in [6.07, 6.45) is -0.985. The lowest BCUT2D eigenvalue weighted by Crippen LogP contribution is -2.29. The normalized spacial score (nSPS) is 11.4. The van der Waals surface area contributed by atoms with E-state index < -0.39 is 17.9 Å². The molecule has 0 spiro atoms. The number of hydrogen-bond acceptors (Lipinski definition) is 5. The molecule has 0 saturated heterocycles. The zero-order chi connectivity index (χ0) is 27.6. The van der Waals surface area contributed by atoms with Gasteiger partial charge in [-0.3, -0.25) is 10.3 Å². The number of rotatable bonds is 13. The molecule has 0 saturated carbocycles. The van der Waals surface area contributed by atoms with Gasteiger partial charge in [-0.25, -0.2) is 13.6 Å². The molecule has 0 aliphatic rings. The average molecular weight is 532 g/mol. The van der Waals surface area contributed by atoms with Crippen LogP contribution < -0.4 is 15.0 Å². The Hall–Kier alpha value is -4.69. The van der Waals surface area contributed by atoms with Crippen LogP contribution in [-0.2, 0) is 16.1 Å². The number of carboxylic acids is 1. The molecule has 0 radical (unpaired) electrons. The third-order valence-corrected chi connectivity index (χ3v) is 5.77. The first kappa shape index (κ1) is 27.3. The Bertz CT molecular complexity index is 1370. The molecule has 0 bridgehead atoms. The second-order valence-electron chi connectivity index (χ2n) is 8.61. The van der Waals surface area contributed by atoms with Gasteiger partial charge < -0.3 is 14.6 Å². The summed E-state index contributed by atoms with van der Waals surface area (Å²) in [6.45, 7) is 4.50. The Morgan fingerprint density at radius 2 is 1.31 bits per heavy atom. The average Bonchev–Trinajstić information content (AvgIpc) is 2.95. The van der Waals surface area contributed by atoms with Crippen LogP contribution in [0.5, 0.6) is 11.5 Å². The van der Waals surface area contributed by atoms with E-state index in [-0.39, 0.29) is 31.2 Å². The lowest BCUT2D eigenvalue weighted by molar-refractivity contribution is -0.145. The van der Waals surface area contributed by atoms with Crippen molar-refractivity contribution in [3.8, 4) is 22.6 Å². The van der Waals surface area contributed by atoms with Crippen LogP contribution in [0.25, 0.3) is 16.8 Å². The molecule has 0 fully saturated rings. The van der Waals surface area contributed by atoms with Crippen LogP contribution in [-0.4, -0.2) is 30.4 Å². The van der Waals surface area contributed by atoms with Gasteiger partial charge in [-0.2, -0.15) is 0 Å². The Morgan fingerprint density at radius 1 is 0.769 bits per heavy atom. The Balaban J connectivity index is 1.18. The summed E-state index contributed by atoms with van der Waals surface area (Å²) in [4.78, 5) is 17.1. The van der Waals surface area contributed by atoms with E-state index in [1.807, 2.05) is 24.3 Å². The van der Waals surface area contributed by atoms with E-state index in [0.29, 0.717) is 11.4 Å². The number of aliphatic carboxylic acids is 1. The largest absolute Gasteiger partial charge is 0.491 e. The fourth-order valence-electron chi connectivity index (χ4n) is 3.70. The van der Waals surface area contributed by atoms with Gasteiger partial charge in [0.05, 0.1) is 5.70 Å². The third-order valence-electron chi connectivity index (χ3n) is 5.77. The van der Waals surface area contributed by atoms with Crippen LogP contribution in [0, 0.1) is 11.6 Å². The van der Waals surface area contributed by atoms with Crippen molar-refractivity contribution in [1.82, 2.24) is 5.48 Å². The highest BCUT2D eigenvalue weighted by atomic mass is 19.1. The van der Waals surface area contributed by atoms with Crippen molar-refractivity contribution in [3.63, 3.8) is 0 Å². The number of ether oxygens (including phenoxy) is 2. The second kappa shape index (κ2) is 13.2. The number of carbonyl (C=O) groups is 1. The molecule has 4 rings (SSSR count). The molecular weight excluding hydrogens is 504 g/mol. The van der Waals surface area contributed by atoms with Crippen molar-refractivity contribution >= 4 is 11.7 Å². The summed E-state index contributed by atoms with van der Waals surface area (Å²) in [7, 11) is 0. The topological polar surface area (TPSA) is 77.0 Å². The SMILES string of the molecule is C=C(NOCCOc1ccc(CC(Oc2ccc(F)cc2)C(=O)O)cc1)c1ccc(-c2ccc(F)cc2)cc1. The molecule has 6 nitrogen and oxygen atoms in total. The maximum atomic E-state index is 13.1. The summed E-state index contributed by atoms with van der Waals surface area (Å²) >= 11 is 0. The van der Waals surface area contributed by atoms with Gasteiger partial charge in [0.1, 0.15) is 36.3 Å². The molecule has 200 valence electrons. The monoisotopic (exact) mass is 531 g/mol. The molecule has 0 aromatic heterocycles. The second-order valence-corrected chi connectivity index (χ2v) is 8.61. The van der Waals surface area contributed by atoms with Gasteiger partial charge in [-0.1, -0.05) is 55.1 Å². The lowest BCUT2D eigenvalue weighted by Gasteiger charge is -2.15. The summed E-state index contributed by atoms with van der Waals surface area (Å²) < 4.78 is 37.4. The molecule has 1 atom stereocenters. The predicted octanol–water partition coefficient (Wildman–Crippen LogP) is 6.28. The Kier molecular flexibility index (Phi) is 9.26. The minimum Gasteiger partial charge on any atom is -0.491 e. The van der Waals surface area contributed by atoms with Crippen molar-refractivity contribution in [2.75, 3.05) is 13.2 Å². The zero-order valence-corrected chi connectivity index (χ0v) is 21.0. The van der Waals surface area contributed by atoms with Gasteiger partial charge >= 0.3 is 5.97 Å². The fourth-order valence-corrected chi connectivity index (χ4v) is 3.70. The molecule has 1 unspecified atom stereocenters. The van der Waals surface area contributed by atoms with Crippen LogP contribution >= 0.6 is 0 Å². The van der Waals surface area contributed by atoms with E-state index in [9.17, 15) is 18.7 Å². The van der Waals surface area contributed by atoms with Gasteiger partial charge in [-0.05, 0) is 70.8 Å². The summed E-state index contributed by atoms with van der Waals surface area (Å²) in [5, 5.41) is 9.49.